The number of aryl methyl sites for hydroxylation is 2. The Bertz CT molecular complexity index is 1030. The summed E-state index contributed by atoms with van der Waals surface area (Å²) in [6.45, 7) is 2.50. The fourth-order valence-corrected chi connectivity index (χ4v) is 3.36. The third-order valence-electron chi connectivity index (χ3n) is 3.81. The Morgan fingerprint density at radius 2 is 2.16 bits per heavy atom. The highest BCUT2D eigenvalue weighted by Gasteiger charge is 2.14. The lowest BCUT2D eigenvalue weighted by Gasteiger charge is -2.09. The van der Waals surface area contributed by atoms with E-state index in [2.05, 4.69) is 19.8 Å². The van der Waals surface area contributed by atoms with Crippen molar-refractivity contribution in [1.82, 2.24) is 28.5 Å². The minimum absolute atomic E-state index is 0.536. The predicted molar refractivity (Wildman–Crippen MR) is 98.1 cm³/mol. The molecule has 0 bridgehead atoms. The number of hydrogen-bond donors (Lipinski definition) is 2. The molecule has 3 N–H and O–H groups in total. The molecule has 0 aliphatic carbocycles. The van der Waals surface area contributed by atoms with Crippen molar-refractivity contribution in [3.05, 3.63) is 42.2 Å². The summed E-state index contributed by atoms with van der Waals surface area (Å²) in [6.07, 6.45) is 8.30. The van der Waals surface area contributed by atoms with Crippen molar-refractivity contribution in [2.24, 2.45) is 12.8 Å². The van der Waals surface area contributed by atoms with Gasteiger partial charge in [-0.15, -0.1) is 0 Å². The number of rotatable bonds is 5. The smallest absolute Gasteiger partial charge is 0.180 e. The van der Waals surface area contributed by atoms with Crippen LogP contribution in [0, 0.1) is 6.92 Å². The van der Waals surface area contributed by atoms with Gasteiger partial charge in [0.05, 0.1) is 29.5 Å². The molecule has 9 heteroatoms. The van der Waals surface area contributed by atoms with Crippen molar-refractivity contribution in [2.75, 3.05) is 11.9 Å². The maximum atomic E-state index is 5.73. The van der Waals surface area contributed by atoms with Crippen LogP contribution in [-0.2, 0) is 13.5 Å². The molecule has 4 aromatic rings. The summed E-state index contributed by atoms with van der Waals surface area (Å²) < 4.78 is 8.11. The third kappa shape index (κ3) is 2.99. The predicted octanol–water partition coefficient (Wildman–Crippen LogP) is 2.14. The molecule has 0 aromatic carbocycles. The molecule has 0 radical (unpaired) electrons. The third-order valence-corrected chi connectivity index (χ3v) is 4.61. The van der Waals surface area contributed by atoms with Crippen molar-refractivity contribution < 1.29 is 0 Å². The van der Waals surface area contributed by atoms with Crippen LogP contribution >= 0.6 is 11.5 Å². The number of nitrogens with two attached hydrogens (primary N) is 1. The summed E-state index contributed by atoms with van der Waals surface area (Å²) >= 11 is 1.40. The van der Waals surface area contributed by atoms with Gasteiger partial charge in [-0.1, -0.05) is 0 Å². The molecule has 4 rings (SSSR count). The molecule has 0 aliphatic heterocycles. The van der Waals surface area contributed by atoms with E-state index in [1.165, 1.54) is 11.5 Å². The fourth-order valence-electron chi connectivity index (χ4n) is 2.70. The molecule has 0 aliphatic rings. The van der Waals surface area contributed by atoms with Crippen LogP contribution in [0.25, 0.3) is 16.9 Å². The van der Waals surface area contributed by atoms with Crippen LogP contribution in [0.15, 0.2) is 30.9 Å². The van der Waals surface area contributed by atoms with E-state index < -0.39 is 0 Å². The zero-order chi connectivity index (χ0) is 17.4. The molecule has 25 heavy (non-hydrogen) atoms. The molecule has 0 amide bonds. The summed E-state index contributed by atoms with van der Waals surface area (Å²) in [5.41, 5.74) is 10.3. The largest absolute Gasteiger partial charge is 0.330 e. The average molecular weight is 354 g/mol. The first-order valence-corrected chi connectivity index (χ1v) is 8.68. The van der Waals surface area contributed by atoms with Crippen LogP contribution in [-0.4, -0.2) is 35.1 Å². The Morgan fingerprint density at radius 1 is 1.28 bits per heavy atom. The molecule has 128 valence electrons. The number of nitrogens with one attached hydrogen (secondary N) is 1. The van der Waals surface area contributed by atoms with E-state index in [1.807, 2.05) is 49.2 Å². The van der Waals surface area contributed by atoms with Gasteiger partial charge in [0.1, 0.15) is 5.00 Å². The lowest BCUT2D eigenvalue weighted by atomic mass is 10.2. The van der Waals surface area contributed by atoms with Crippen molar-refractivity contribution in [1.29, 1.82) is 0 Å². The highest BCUT2D eigenvalue weighted by Crippen LogP contribution is 2.27. The quantitative estimate of drug-likeness (QED) is 0.570. The van der Waals surface area contributed by atoms with Crippen molar-refractivity contribution in [3.63, 3.8) is 0 Å². The van der Waals surface area contributed by atoms with E-state index in [0.717, 1.165) is 33.3 Å². The van der Waals surface area contributed by atoms with E-state index >= 15 is 0 Å². The molecule has 0 saturated heterocycles. The Balaban J connectivity index is 1.85. The van der Waals surface area contributed by atoms with E-state index in [-0.39, 0.29) is 0 Å². The van der Waals surface area contributed by atoms with Crippen molar-refractivity contribution >= 4 is 28.0 Å². The molecule has 0 unspecified atom stereocenters. The first-order chi connectivity index (χ1) is 12.1. The Hall–Kier alpha value is -2.78. The summed E-state index contributed by atoms with van der Waals surface area (Å²) in [5.74, 6) is 0.699. The number of nitrogens with zero attached hydrogens (tertiary/aromatic N) is 6. The van der Waals surface area contributed by atoms with Gasteiger partial charge < -0.3 is 11.1 Å². The van der Waals surface area contributed by atoms with Crippen LogP contribution < -0.4 is 11.1 Å². The molecule has 4 heterocycles. The second-order valence-corrected chi connectivity index (χ2v) is 6.62. The number of imidazole rings is 1. The van der Waals surface area contributed by atoms with E-state index in [4.69, 9.17) is 10.7 Å². The van der Waals surface area contributed by atoms with E-state index in [1.54, 1.807) is 4.68 Å². The van der Waals surface area contributed by atoms with Gasteiger partial charge in [-0.3, -0.25) is 9.08 Å². The van der Waals surface area contributed by atoms with Gasteiger partial charge in [-0.05, 0) is 31.1 Å². The number of anilines is 2. The minimum Gasteiger partial charge on any atom is -0.330 e. The van der Waals surface area contributed by atoms with Gasteiger partial charge in [-0.2, -0.15) is 9.47 Å². The summed E-state index contributed by atoms with van der Waals surface area (Å²) in [7, 11) is 1.90. The SMILES string of the molecule is Cc1cc(Nc2nc(CCN)cn3c(-c4cnn(C)c4)cnc23)sn1. The molecule has 0 fully saturated rings. The maximum Gasteiger partial charge on any atom is 0.180 e. The summed E-state index contributed by atoms with van der Waals surface area (Å²) in [5, 5.41) is 8.52. The zero-order valence-electron chi connectivity index (χ0n) is 14.0. The summed E-state index contributed by atoms with van der Waals surface area (Å²) in [6, 6.07) is 1.99. The number of aromatic nitrogens is 6. The topological polar surface area (TPSA) is 98.9 Å². The Kier molecular flexibility index (Phi) is 3.94. The molecule has 0 saturated carbocycles. The van der Waals surface area contributed by atoms with Gasteiger partial charge >= 0.3 is 0 Å². The highest BCUT2D eigenvalue weighted by molar-refractivity contribution is 7.10. The van der Waals surface area contributed by atoms with Crippen LogP contribution in [0.1, 0.15) is 11.4 Å². The minimum atomic E-state index is 0.536. The highest BCUT2D eigenvalue weighted by atomic mass is 32.1. The number of hydrogen-bond acceptors (Lipinski definition) is 7. The second-order valence-electron chi connectivity index (χ2n) is 5.82. The molecular formula is C16H18N8S. The molecule has 4 aromatic heterocycles. The average Bonchev–Trinajstić information content (AvgIpc) is 3.28. The van der Waals surface area contributed by atoms with Crippen molar-refractivity contribution in [2.45, 2.75) is 13.3 Å². The lowest BCUT2D eigenvalue weighted by molar-refractivity contribution is 0.768. The van der Waals surface area contributed by atoms with Crippen LogP contribution in [0.4, 0.5) is 10.8 Å². The van der Waals surface area contributed by atoms with E-state index in [9.17, 15) is 0 Å². The standard InChI is InChI=1S/C16H18N8S/c1-10-5-14(25-22-10)21-15-16-18-7-13(11-6-19-23(2)8-11)24(16)9-12(20-15)3-4-17/h5-9H,3-4,17H2,1-2H3,(H,20,21). The zero-order valence-corrected chi connectivity index (χ0v) is 14.8. The van der Waals surface area contributed by atoms with Gasteiger partial charge in [0.25, 0.3) is 0 Å². The monoisotopic (exact) mass is 354 g/mol. The lowest BCUT2D eigenvalue weighted by Crippen LogP contribution is -2.08. The Labute approximate surface area is 148 Å². The maximum absolute atomic E-state index is 5.73. The van der Waals surface area contributed by atoms with Crippen LogP contribution in [0.3, 0.4) is 0 Å². The van der Waals surface area contributed by atoms with Crippen LogP contribution in [0.2, 0.25) is 0 Å². The Morgan fingerprint density at radius 3 is 2.84 bits per heavy atom. The van der Waals surface area contributed by atoms with Crippen LogP contribution in [0.5, 0.6) is 0 Å². The van der Waals surface area contributed by atoms with Gasteiger partial charge in [0.15, 0.2) is 11.5 Å². The molecule has 8 nitrogen and oxygen atoms in total. The molecule has 0 atom stereocenters. The first-order valence-electron chi connectivity index (χ1n) is 7.90. The molecule has 0 spiro atoms. The second kappa shape index (κ2) is 6.26. The summed E-state index contributed by atoms with van der Waals surface area (Å²) in [4.78, 5) is 9.25. The van der Waals surface area contributed by atoms with Gasteiger partial charge in [-0.25, -0.2) is 9.97 Å². The fraction of sp³-hybridized carbons (Fsp3) is 0.250. The van der Waals surface area contributed by atoms with Gasteiger partial charge in [0.2, 0.25) is 0 Å². The first kappa shape index (κ1) is 15.7. The van der Waals surface area contributed by atoms with E-state index in [0.29, 0.717) is 18.8 Å². The normalized spacial score (nSPS) is 11.3. The van der Waals surface area contributed by atoms with Gasteiger partial charge in [0, 0.05) is 31.4 Å². The molecular weight excluding hydrogens is 336 g/mol. The van der Waals surface area contributed by atoms with Crippen molar-refractivity contribution in [3.8, 4) is 11.3 Å². The number of fused-ring (bicyclic) bond motifs is 1.